The minimum Gasteiger partial charge on any atom is -0.368 e. The largest absolute Gasteiger partial charge is 0.368 e. The van der Waals surface area contributed by atoms with Gasteiger partial charge < -0.3 is 11.1 Å². The van der Waals surface area contributed by atoms with Crippen molar-refractivity contribution in [3.63, 3.8) is 0 Å². The van der Waals surface area contributed by atoms with Gasteiger partial charge in [-0.05, 0) is 25.5 Å². The Morgan fingerprint density at radius 2 is 2.19 bits per heavy atom. The van der Waals surface area contributed by atoms with Crippen LogP contribution in [0.15, 0.2) is 18.2 Å². The molecule has 0 fully saturated rings. The number of nitrogens with zero attached hydrogens (tertiary/aromatic N) is 1. The van der Waals surface area contributed by atoms with E-state index in [1.54, 1.807) is 19.1 Å². The lowest BCUT2D eigenvalue weighted by molar-refractivity contribution is -0.384. The molecular formula is C10H13N3O3. The van der Waals surface area contributed by atoms with Crippen LogP contribution in [0.5, 0.6) is 0 Å². The Labute approximate surface area is 92.6 Å². The van der Waals surface area contributed by atoms with Gasteiger partial charge in [-0.15, -0.1) is 0 Å². The number of rotatable bonds is 4. The fourth-order valence-electron chi connectivity index (χ4n) is 1.23. The molecule has 0 radical (unpaired) electrons. The van der Waals surface area contributed by atoms with E-state index in [4.69, 9.17) is 5.73 Å². The molecule has 86 valence electrons. The molecule has 1 aromatic rings. The Bertz CT molecular complexity index is 431. The first-order valence-corrected chi connectivity index (χ1v) is 4.72. The van der Waals surface area contributed by atoms with E-state index in [1.807, 2.05) is 6.92 Å². The van der Waals surface area contributed by atoms with E-state index < -0.39 is 16.9 Å². The van der Waals surface area contributed by atoms with E-state index in [9.17, 15) is 14.9 Å². The minimum atomic E-state index is -0.652. The molecule has 0 saturated carbocycles. The zero-order valence-electron chi connectivity index (χ0n) is 9.06. The van der Waals surface area contributed by atoms with Crippen LogP contribution in [-0.4, -0.2) is 16.9 Å². The van der Waals surface area contributed by atoms with Gasteiger partial charge in [0, 0.05) is 6.07 Å². The lowest BCUT2D eigenvalue weighted by atomic mass is 10.1. The van der Waals surface area contributed by atoms with Crippen LogP contribution < -0.4 is 11.1 Å². The molecular weight excluding hydrogens is 210 g/mol. The normalized spacial score (nSPS) is 11.9. The molecule has 0 bridgehead atoms. The highest BCUT2D eigenvalue weighted by Gasteiger charge is 2.17. The predicted molar refractivity (Wildman–Crippen MR) is 60.1 cm³/mol. The number of hydrogen-bond donors (Lipinski definition) is 2. The average molecular weight is 223 g/mol. The molecule has 16 heavy (non-hydrogen) atoms. The minimum absolute atomic E-state index is 0.0706. The van der Waals surface area contributed by atoms with E-state index in [-0.39, 0.29) is 5.69 Å². The Kier molecular flexibility index (Phi) is 3.44. The van der Waals surface area contributed by atoms with Crippen LogP contribution in [0.25, 0.3) is 0 Å². The fraction of sp³-hybridized carbons (Fsp3) is 0.300. The first-order valence-electron chi connectivity index (χ1n) is 4.72. The Morgan fingerprint density at radius 1 is 1.56 bits per heavy atom. The highest BCUT2D eigenvalue weighted by atomic mass is 16.6. The van der Waals surface area contributed by atoms with Gasteiger partial charge in [-0.3, -0.25) is 14.9 Å². The number of primary amides is 1. The van der Waals surface area contributed by atoms with E-state index >= 15 is 0 Å². The summed E-state index contributed by atoms with van der Waals surface area (Å²) in [4.78, 5) is 21.1. The maximum absolute atomic E-state index is 10.9. The highest BCUT2D eigenvalue weighted by molar-refractivity contribution is 5.83. The van der Waals surface area contributed by atoms with Crippen LogP contribution in [-0.2, 0) is 4.79 Å². The summed E-state index contributed by atoms with van der Waals surface area (Å²) in [7, 11) is 0. The topological polar surface area (TPSA) is 98.3 Å². The third-order valence-electron chi connectivity index (χ3n) is 2.15. The van der Waals surface area contributed by atoms with Crippen LogP contribution in [0.1, 0.15) is 12.5 Å². The van der Waals surface area contributed by atoms with Crippen molar-refractivity contribution < 1.29 is 9.72 Å². The molecule has 0 aromatic heterocycles. The second-order valence-corrected chi connectivity index (χ2v) is 3.55. The maximum atomic E-state index is 10.9. The lowest BCUT2D eigenvalue weighted by Gasteiger charge is -2.12. The predicted octanol–water partition coefficient (Wildman–Crippen LogP) is 1.19. The Morgan fingerprint density at radius 3 is 2.69 bits per heavy atom. The SMILES string of the molecule is Cc1ccc([N+](=O)[O-])c(NC(C)C(N)=O)c1. The first-order chi connectivity index (χ1) is 7.41. The van der Waals surface area contributed by atoms with Crippen molar-refractivity contribution in [1.29, 1.82) is 0 Å². The summed E-state index contributed by atoms with van der Waals surface area (Å²) in [6.07, 6.45) is 0. The third-order valence-corrected chi connectivity index (χ3v) is 2.15. The van der Waals surface area contributed by atoms with Crippen LogP contribution in [0.2, 0.25) is 0 Å². The van der Waals surface area contributed by atoms with E-state index in [1.165, 1.54) is 6.07 Å². The molecule has 0 saturated heterocycles. The number of hydrogen-bond acceptors (Lipinski definition) is 4. The van der Waals surface area contributed by atoms with Crippen LogP contribution in [0, 0.1) is 17.0 Å². The molecule has 1 rings (SSSR count). The Hall–Kier alpha value is -2.11. The van der Waals surface area contributed by atoms with Crippen molar-refractivity contribution in [2.24, 2.45) is 5.73 Å². The van der Waals surface area contributed by atoms with E-state index in [2.05, 4.69) is 5.32 Å². The van der Waals surface area contributed by atoms with Crippen molar-refractivity contribution in [1.82, 2.24) is 0 Å². The molecule has 3 N–H and O–H groups in total. The van der Waals surface area contributed by atoms with E-state index in [0.717, 1.165) is 5.56 Å². The zero-order valence-corrected chi connectivity index (χ0v) is 9.06. The smallest absolute Gasteiger partial charge is 0.292 e. The summed E-state index contributed by atoms with van der Waals surface area (Å²) in [5, 5.41) is 13.4. The molecule has 0 aliphatic rings. The second-order valence-electron chi connectivity index (χ2n) is 3.55. The summed E-state index contributed by atoms with van der Waals surface area (Å²) in [6, 6.07) is 3.99. The van der Waals surface area contributed by atoms with Gasteiger partial charge >= 0.3 is 0 Å². The average Bonchev–Trinajstić information content (AvgIpc) is 2.16. The summed E-state index contributed by atoms with van der Waals surface area (Å²) < 4.78 is 0. The Balaban J connectivity index is 3.05. The molecule has 0 aliphatic heterocycles. The summed E-state index contributed by atoms with van der Waals surface area (Å²) >= 11 is 0. The van der Waals surface area contributed by atoms with Gasteiger partial charge in [0.15, 0.2) is 0 Å². The molecule has 1 aromatic carbocycles. The van der Waals surface area contributed by atoms with E-state index in [0.29, 0.717) is 5.69 Å². The lowest BCUT2D eigenvalue weighted by Crippen LogP contribution is -2.32. The third kappa shape index (κ3) is 2.69. The zero-order chi connectivity index (χ0) is 12.3. The molecule has 6 nitrogen and oxygen atoms in total. The molecule has 6 heteroatoms. The number of carbonyl (C=O) groups is 1. The van der Waals surface area contributed by atoms with Crippen LogP contribution >= 0.6 is 0 Å². The highest BCUT2D eigenvalue weighted by Crippen LogP contribution is 2.25. The number of amides is 1. The number of aryl methyl sites for hydroxylation is 1. The molecule has 0 aliphatic carbocycles. The monoisotopic (exact) mass is 223 g/mol. The standard InChI is InChI=1S/C10H13N3O3/c1-6-3-4-9(13(15)16)8(5-6)12-7(2)10(11)14/h3-5,7,12H,1-2H3,(H2,11,14). The van der Waals surface area contributed by atoms with Crippen LogP contribution in [0.4, 0.5) is 11.4 Å². The number of nitro benzene ring substituents is 1. The van der Waals surface area contributed by atoms with Crippen molar-refractivity contribution in [3.05, 3.63) is 33.9 Å². The maximum Gasteiger partial charge on any atom is 0.292 e. The first kappa shape index (κ1) is 12.0. The van der Waals surface area contributed by atoms with Crippen molar-refractivity contribution >= 4 is 17.3 Å². The number of nitrogens with one attached hydrogen (secondary N) is 1. The number of carbonyl (C=O) groups excluding carboxylic acids is 1. The number of nitro groups is 1. The van der Waals surface area contributed by atoms with Gasteiger partial charge in [-0.1, -0.05) is 6.07 Å². The van der Waals surface area contributed by atoms with Crippen molar-refractivity contribution in [3.8, 4) is 0 Å². The number of anilines is 1. The van der Waals surface area contributed by atoms with Crippen LogP contribution in [0.3, 0.4) is 0 Å². The number of nitrogens with two attached hydrogens (primary N) is 1. The molecule has 0 spiro atoms. The summed E-state index contributed by atoms with van der Waals surface area (Å²) in [6.45, 7) is 3.36. The molecule has 1 atom stereocenters. The molecule has 1 unspecified atom stereocenters. The van der Waals surface area contributed by atoms with Gasteiger partial charge in [0.05, 0.1) is 4.92 Å². The summed E-state index contributed by atoms with van der Waals surface area (Å²) in [5.41, 5.74) is 6.17. The van der Waals surface area contributed by atoms with Gasteiger partial charge in [0.2, 0.25) is 5.91 Å². The summed E-state index contributed by atoms with van der Waals surface area (Å²) in [5.74, 6) is -0.559. The van der Waals surface area contributed by atoms with Gasteiger partial charge in [0.25, 0.3) is 5.69 Å². The van der Waals surface area contributed by atoms with Gasteiger partial charge in [-0.25, -0.2) is 0 Å². The molecule has 0 heterocycles. The van der Waals surface area contributed by atoms with Crippen molar-refractivity contribution in [2.75, 3.05) is 5.32 Å². The fourth-order valence-corrected chi connectivity index (χ4v) is 1.23. The quantitative estimate of drug-likeness (QED) is 0.591. The van der Waals surface area contributed by atoms with Crippen molar-refractivity contribution in [2.45, 2.75) is 19.9 Å². The van der Waals surface area contributed by atoms with Gasteiger partial charge in [-0.2, -0.15) is 0 Å². The second kappa shape index (κ2) is 4.61. The van der Waals surface area contributed by atoms with Gasteiger partial charge in [0.1, 0.15) is 11.7 Å². The number of benzene rings is 1. The molecule has 1 amide bonds.